The van der Waals surface area contributed by atoms with Gasteiger partial charge in [-0.1, -0.05) is 19.8 Å². The lowest BCUT2D eigenvalue weighted by atomic mass is 9.88. The third kappa shape index (κ3) is 6.69. The molecule has 1 fully saturated rings. The van der Waals surface area contributed by atoms with Crippen molar-refractivity contribution in [3.8, 4) is 0 Å². The molecule has 108 valence electrons. The molecular weight excluding hydrogens is 230 g/mol. The predicted octanol–water partition coefficient (Wildman–Crippen LogP) is 1.57. The molecule has 3 unspecified atom stereocenters. The zero-order valence-electron chi connectivity index (χ0n) is 11.9. The van der Waals surface area contributed by atoms with Gasteiger partial charge in [-0.2, -0.15) is 0 Å². The van der Waals surface area contributed by atoms with E-state index >= 15 is 0 Å². The second-order valence-corrected chi connectivity index (χ2v) is 5.19. The van der Waals surface area contributed by atoms with Crippen LogP contribution in [0.3, 0.4) is 0 Å². The molecule has 0 aromatic rings. The molecule has 0 aromatic heterocycles. The Morgan fingerprint density at radius 2 is 2.11 bits per heavy atom. The number of aliphatic hydroxyl groups excluding tert-OH is 1. The summed E-state index contributed by atoms with van der Waals surface area (Å²) in [4.78, 5) is 0. The minimum Gasteiger partial charge on any atom is -0.389 e. The van der Waals surface area contributed by atoms with Gasteiger partial charge in [-0.15, -0.1) is 0 Å². The van der Waals surface area contributed by atoms with Crippen molar-refractivity contribution in [1.82, 2.24) is 5.32 Å². The van der Waals surface area contributed by atoms with E-state index in [0.29, 0.717) is 31.8 Å². The van der Waals surface area contributed by atoms with Crippen molar-refractivity contribution >= 4 is 0 Å². The summed E-state index contributed by atoms with van der Waals surface area (Å²) in [6, 6.07) is 0. The summed E-state index contributed by atoms with van der Waals surface area (Å²) in [5.41, 5.74) is 0. The summed E-state index contributed by atoms with van der Waals surface area (Å²) < 4.78 is 11.0. The Hall–Kier alpha value is -0.160. The van der Waals surface area contributed by atoms with Crippen LogP contribution in [-0.4, -0.2) is 50.2 Å². The fourth-order valence-electron chi connectivity index (χ4n) is 2.38. The molecule has 0 radical (unpaired) electrons. The van der Waals surface area contributed by atoms with Crippen LogP contribution in [0.15, 0.2) is 0 Å². The molecule has 4 heteroatoms. The van der Waals surface area contributed by atoms with E-state index in [4.69, 9.17) is 9.47 Å². The van der Waals surface area contributed by atoms with E-state index in [0.717, 1.165) is 19.6 Å². The van der Waals surface area contributed by atoms with Gasteiger partial charge in [-0.05, 0) is 25.7 Å². The molecule has 2 N–H and O–H groups in total. The topological polar surface area (TPSA) is 50.7 Å². The maximum Gasteiger partial charge on any atom is 0.0897 e. The van der Waals surface area contributed by atoms with Gasteiger partial charge in [-0.25, -0.2) is 0 Å². The summed E-state index contributed by atoms with van der Waals surface area (Å²) >= 11 is 0. The number of aliphatic hydroxyl groups is 1. The van der Waals surface area contributed by atoms with Gasteiger partial charge in [0.1, 0.15) is 0 Å². The van der Waals surface area contributed by atoms with Crippen molar-refractivity contribution in [3.63, 3.8) is 0 Å². The Balaban J connectivity index is 2.00. The number of ether oxygens (including phenoxy) is 2. The van der Waals surface area contributed by atoms with Crippen LogP contribution >= 0.6 is 0 Å². The Kier molecular flexibility index (Phi) is 8.59. The smallest absolute Gasteiger partial charge is 0.0897 e. The second-order valence-electron chi connectivity index (χ2n) is 5.19. The van der Waals surface area contributed by atoms with E-state index in [2.05, 4.69) is 12.2 Å². The first kappa shape index (κ1) is 15.9. The van der Waals surface area contributed by atoms with Crippen molar-refractivity contribution in [1.29, 1.82) is 0 Å². The molecule has 0 aliphatic heterocycles. The lowest BCUT2D eigenvalue weighted by Gasteiger charge is -2.29. The van der Waals surface area contributed by atoms with Gasteiger partial charge in [0, 0.05) is 19.7 Å². The highest BCUT2D eigenvalue weighted by Gasteiger charge is 2.22. The molecule has 0 aromatic carbocycles. The van der Waals surface area contributed by atoms with Gasteiger partial charge in [0.25, 0.3) is 0 Å². The summed E-state index contributed by atoms with van der Waals surface area (Å²) in [6.45, 7) is 7.47. The summed E-state index contributed by atoms with van der Waals surface area (Å²) in [6.07, 6.45) is 4.91. The molecule has 0 saturated heterocycles. The lowest BCUT2D eigenvalue weighted by molar-refractivity contribution is -0.0453. The average molecular weight is 259 g/mol. The highest BCUT2D eigenvalue weighted by molar-refractivity contribution is 4.73. The van der Waals surface area contributed by atoms with Crippen LogP contribution in [0.25, 0.3) is 0 Å². The van der Waals surface area contributed by atoms with E-state index in [1.807, 2.05) is 6.92 Å². The molecule has 0 amide bonds. The first-order valence-corrected chi connectivity index (χ1v) is 7.32. The zero-order valence-corrected chi connectivity index (χ0v) is 11.9. The van der Waals surface area contributed by atoms with Crippen LogP contribution in [0.4, 0.5) is 0 Å². The van der Waals surface area contributed by atoms with Gasteiger partial charge >= 0.3 is 0 Å². The Morgan fingerprint density at radius 1 is 1.33 bits per heavy atom. The Labute approximate surface area is 111 Å². The zero-order chi connectivity index (χ0) is 13.2. The monoisotopic (exact) mass is 259 g/mol. The van der Waals surface area contributed by atoms with Crippen LogP contribution in [0, 0.1) is 5.92 Å². The molecule has 0 bridgehead atoms. The molecule has 1 saturated carbocycles. The van der Waals surface area contributed by atoms with Crippen molar-refractivity contribution in [2.45, 2.75) is 51.7 Å². The predicted molar refractivity (Wildman–Crippen MR) is 72.7 cm³/mol. The molecule has 0 heterocycles. The summed E-state index contributed by atoms with van der Waals surface area (Å²) in [7, 11) is 0. The van der Waals surface area contributed by atoms with Gasteiger partial charge in [0.2, 0.25) is 0 Å². The number of hydrogen-bond acceptors (Lipinski definition) is 4. The van der Waals surface area contributed by atoms with Gasteiger partial charge < -0.3 is 19.9 Å². The molecule has 4 nitrogen and oxygen atoms in total. The lowest BCUT2D eigenvalue weighted by Crippen LogP contribution is -2.35. The van der Waals surface area contributed by atoms with Crippen molar-refractivity contribution < 1.29 is 14.6 Å². The Bertz CT molecular complexity index is 201. The summed E-state index contributed by atoms with van der Waals surface area (Å²) in [5, 5.41) is 13.0. The van der Waals surface area contributed by atoms with Crippen LogP contribution in [0.1, 0.15) is 39.5 Å². The molecule has 3 atom stereocenters. The van der Waals surface area contributed by atoms with E-state index in [1.54, 1.807) is 0 Å². The molecule has 1 aliphatic rings. The first-order valence-electron chi connectivity index (χ1n) is 7.32. The minimum atomic E-state index is -0.416. The minimum absolute atomic E-state index is 0.344. The van der Waals surface area contributed by atoms with Crippen molar-refractivity contribution in [3.05, 3.63) is 0 Å². The van der Waals surface area contributed by atoms with E-state index in [-0.39, 0.29) is 0 Å². The normalized spacial score (nSPS) is 26.2. The van der Waals surface area contributed by atoms with Gasteiger partial charge in [0.05, 0.1) is 25.4 Å². The molecular formula is C14H29NO3. The molecule has 0 spiro atoms. The molecule has 1 aliphatic carbocycles. The quantitative estimate of drug-likeness (QED) is 0.617. The number of rotatable bonds is 9. The number of hydrogen-bond donors (Lipinski definition) is 2. The van der Waals surface area contributed by atoms with Crippen LogP contribution < -0.4 is 5.32 Å². The third-order valence-electron chi connectivity index (χ3n) is 3.54. The van der Waals surface area contributed by atoms with Crippen LogP contribution in [0.2, 0.25) is 0 Å². The fraction of sp³-hybridized carbons (Fsp3) is 1.00. The van der Waals surface area contributed by atoms with E-state index in [1.165, 1.54) is 19.3 Å². The van der Waals surface area contributed by atoms with Crippen LogP contribution in [-0.2, 0) is 9.47 Å². The standard InChI is InChI=1S/C14H29NO3/c1-3-17-9-8-15-10-13(16)11-18-14-7-5-4-6-12(14)2/h12-16H,3-11H2,1-2H3. The van der Waals surface area contributed by atoms with Crippen molar-refractivity contribution in [2.75, 3.05) is 32.9 Å². The maximum absolute atomic E-state index is 9.79. The van der Waals surface area contributed by atoms with E-state index < -0.39 is 6.10 Å². The van der Waals surface area contributed by atoms with Crippen molar-refractivity contribution in [2.24, 2.45) is 5.92 Å². The highest BCUT2D eigenvalue weighted by atomic mass is 16.5. The maximum atomic E-state index is 9.79. The Morgan fingerprint density at radius 3 is 2.83 bits per heavy atom. The second kappa shape index (κ2) is 9.73. The first-order chi connectivity index (χ1) is 8.74. The largest absolute Gasteiger partial charge is 0.389 e. The highest BCUT2D eigenvalue weighted by Crippen LogP contribution is 2.26. The van der Waals surface area contributed by atoms with Crippen LogP contribution in [0.5, 0.6) is 0 Å². The van der Waals surface area contributed by atoms with Gasteiger partial charge in [0.15, 0.2) is 0 Å². The van der Waals surface area contributed by atoms with E-state index in [9.17, 15) is 5.11 Å². The SMILES string of the molecule is CCOCCNCC(O)COC1CCCCC1C. The fourth-order valence-corrected chi connectivity index (χ4v) is 2.38. The average Bonchev–Trinajstić information content (AvgIpc) is 2.37. The molecule has 18 heavy (non-hydrogen) atoms. The van der Waals surface area contributed by atoms with Gasteiger partial charge in [-0.3, -0.25) is 0 Å². The summed E-state index contributed by atoms with van der Waals surface area (Å²) in [5.74, 6) is 0.636. The third-order valence-corrected chi connectivity index (χ3v) is 3.54. The number of nitrogens with one attached hydrogen (secondary N) is 1. The molecule has 1 rings (SSSR count).